The number of amides is 1. The van der Waals surface area contributed by atoms with Crippen molar-refractivity contribution >= 4 is 16.8 Å². The van der Waals surface area contributed by atoms with E-state index < -0.39 is 6.04 Å². The molecule has 1 atom stereocenters. The maximum atomic E-state index is 12.9. The van der Waals surface area contributed by atoms with E-state index in [0.29, 0.717) is 13.1 Å². The van der Waals surface area contributed by atoms with Crippen LogP contribution < -0.4 is 10.1 Å². The third-order valence-electron chi connectivity index (χ3n) is 4.64. The van der Waals surface area contributed by atoms with Crippen molar-refractivity contribution in [1.29, 1.82) is 0 Å². The zero-order chi connectivity index (χ0) is 19.3. The fourth-order valence-corrected chi connectivity index (χ4v) is 3.31. The Morgan fingerprint density at radius 2 is 2.00 bits per heavy atom. The van der Waals surface area contributed by atoms with E-state index in [1.165, 1.54) is 11.0 Å². The van der Waals surface area contributed by atoms with E-state index in [1.54, 1.807) is 7.11 Å². The molecule has 1 N–H and O–H groups in total. The highest BCUT2D eigenvalue weighted by atomic mass is 16.5. The molecule has 2 aromatic heterocycles. The van der Waals surface area contributed by atoms with E-state index in [-0.39, 0.29) is 5.91 Å². The highest BCUT2D eigenvalue weighted by Gasteiger charge is 2.23. The Labute approximate surface area is 161 Å². The lowest BCUT2D eigenvalue weighted by Gasteiger charge is -2.17. The number of fused-ring (bicyclic) bond motifs is 1. The average molecular weight is 376 g/mol. The Hall–Kier alpha value is -3.68. The summed E-state index contributed by atoms with van der Waals surface area (Å²) in [5.74, 6) is 0.677. The predicted octanol–water partition coefficient (Wildman–Crippen LogP) is 2.04. The lowest BCUT2D eigenvalue weighted by molar-refractivity contribution is -0.123. The van der Waals surface area contributed by atoms with Gasteiger partial charge in [-0.1, -0.05) is 36.4 Å². The van der Waals surface area contributed by atoms with E-state index in [4.69, 9.17) is 4.74 Å². The molecule has 0 bridgehead atoms. The van der Waals surface area contributed by atoms with Crippen molar-refractivity contribution in [2.24, 2.45) is 0 Å². The first-order valence-electron chi connectivity index (χ1n) is 8.95. The summed E-state index contributed by atoms with van der Waals surface area (Å²) in [5, 5.41) is 15.3. The molecular weight excluding hydrogens is 356 g/mol. The summed E-state index contributed by atoms with van der Waals surface area (Å²) in [5.41, 5.74) is 1.89. The molecule has 0 aliphatic rings. The predicted molar refractivity (Wildman–Crippen MR) is 104 cm³/mol. The second-order valence-corrected chi connectivity index (χ2v) is 6.30. The van der Waals surface area contributed by atoms with Crippen molar-refractivity contribution < 1.29 is 9.53 Å². The number of nitrogens with one attached hydrogen (secondary N) is 1. The molecule has 8 heteroatoms. The normalized spacial score (nSPS) is 12.0. The molecule has 1 amide bonds. The molecule has 0 saturated heterocycles. The number of ether oxygens (including phenoxy) is 1. The molecule has 0 aliphatic carbocycles. The number of carbonyl (C=O) groups is 1. The molecule has 0 unspecified atom stereocenters. The quantitative estimate of drug-likeness (QED) is 0.533. The van der Waals surface area contributed by atoms with Crippen LogP contribution in [0.25, 0.3) is 10.9 Å². The third kappa shape index (κ3) is 3.44. The maximum absolute atomic E-state index is 12.9. The summed E-state index contributed by atoms with van der Waals surface area (Å²) in [7, 11) is 1.66. The number of aromatic nitrogens is 5. The summed E-state index contributed by atoms with van der Waals surface area (Å²) in [6.45, 7) is 1.12. The highest BCUT2D eigenvalue weighted by molar-refractivity contribution is 5.86. The van der Waals surface area contributed by atoms with Crippen LogP contribution in [0.1, 0.15) is 11.6 Å². The molecule has 0 aliphatic heterocycles. The molecule has 2 heterocycles. The van der Waals surface area contributed by atoms with Gasteiger partial charge < -0.3 is 14.6 Å². The maximum Gasteiger partial charge on any atom is 0.249 e. The lowest BCUT2D eigenvalue weighted by atomic mass is 10.1. The van der Waals surface area contributed by atoms with E-state index in [1.807, 2.05) is 60.8 Å². The van der Waals surface area contributed by atoms with Crippen LogP contribution >= 0.6 is 0 Å². The standard InChI is InChI=1S/C20H20N6O2/c1-28-18-9-5-8-17-16(18)10-12-25(17)13-11-21-20(27)19(26-14-22-23-24-26)15-6-3-2-4-7-15/h2-10,12,14,19H,11,13H2,1H3,(H,21,27)/t19-/m0/s1. The number of benzene rings is 2. The Morgan fingerprint density at radius 1 is 1.14 bits per heavy atom. The largest absolute Gasteiger partial charge is 0.496 e. The van der Waals surface area contributed by atoms with Crippen molar-refractivity contribution in [3.05, 3.63) is 72.7 Å². The number of hydrogen-bond donors (Lipinski definition) is 1. The first kappa shape index (κ1) is 17.7. The first-order chi connectivity index (χ1) is 13.8. The van der Waals surface area contributed by atoms with Gasteiger partial charge in [-0.2, -0.15) is 0 Å². The van der Waals surface area contributed by atoms with Crippen LogP contribution in [-0.4, -0.2) is 44.3 Å². The van der Waals surface area contributed by atoms with Gasteiger partial charge in [0, 0.05) is 24.7 Å². The summed E-state index contributed by atoms with van der Waals surface area (Å²) < 4.78 is 8.95. The molecule has 4 rings (SSSR count). The molecule has 0 spiro atoms. The summed E-state index contributed by atoms with van der Waals surface area (Å²) in [4.78, 5) is 12.9. The molecule has 28 heavy (non-hydrogen) atoms. The first-order valence-corrected chi connectivity index (χ1v) is 8.95. The minimum absolute atomic E-state index is 0.160. The van der Waals surface area contributed by atoms with Crippen molar-refractivity contribution in [2.45, 2.75) is 12.6 Å². The molecule has 0 fully saturated rings. The topological polar surface area (TPSA) is 86.9 Å². The zero-order valence-corrected chi connectivity index (χ0v) is 15.4. The Morgan fingerprint density at radius 3 is 2.75 bits per heavy atom. The van der Waals surface area contributed by atoms with Gasteiger partial charge in [0.25, 0.3) is 0 Å². The number of nitrogens with zero attached hydrogens (tertiary/aromatic N) is 5. The lowest BCUT2D eigenvalue weighted by Crippen LogP contribution is -2.35. The molecular formula is C20H20N6O2. The van der Waals surface area contributed by atoms with Crippen molar-refractivity contribution in [3.8, 4) is 5.75 Å². The molecule has 0 radical (unpaired) electrons. The van der Waals surface area contributed by atoms with Crippen molar-refractivity contribution in [1.82, 2.24) is 30.1 Å². The Kier molecular flexibility index (Phi) is 5.01. The molecule has 4 aromatic rings. The van der Waals surface area contributed by atoms with Crippen LogP contribution in [-0.2, 0) is 11.3 Å². The van der Waals surface area contributed by atoms with Gasteiger partial charge in [-0.25, -0.2) is 4.68 Å². The van der Waals surface area contributed by atoms with Crippen LogP contribution in [0.5, 0.6) is 5.75 Å². The number of methoxy groups -OCH3 is 1. The zero-order valence-electron chi connectivity index (χ0n) is 15.4. The molecule has 2 aromatic carbocycles. The highest BCUT2D eigenvalue weighted by Crippen LogP contribution is 2.26. The van der Waals surface area contributed by atoms with Crippen molar-refractivity contribution in [2.75, 3.05) is 13.7 Å². The van der Waals surface area contributed by atoms with E-state index in [2.05, 4.69) is 25.4 Å². The number of carbonyl (C=O) groups excluding carboxylic acids is 1. The van der Waals surface area contributed by atoms with Gasteiger partial charge in [-0.15, -0.1) is 5.10 Å². The molecule has 8 nitrogen and oxygen atoms in total. The van der Waals surface area contributed by atoms with Crippen LogP contribution in [0.2, 0.25) is 0 Å². The number of rotatable bonds is 7. The van der Waals surface area contributed by atoms with Gasteiger partial charge in [0.05, 0.1) is 12.6 Å². The van der Waals surface area contributed by atoms with Gasteiger partial charge >= 0.3 is 0 Å². The Balaban J connectivity index is 1.48. The van der Waals surface area contributed by atoms with E-state index in [9.17, 15) is 4.79 Å². The fraction of sp³-hybridized carbons (Fsp3) is 0.200. The van der Waals surface area contributed by atoms with Gasteiger partial charge in [-0.3, -0.25) is 4.79 Å². The summed E-state index contributed by atoms with van der Waals surface area (Å²) in [6, 6.07) is 16.8. The van der Waals surface area contributed by atoms with Crippen LogP contribution in [0.15, 0.2) is 67.1 Å². The molecule has 0 saturated carbocycles. The van der Waals surface area contributed by atoms with Gasteiger partial charge in [0.15, 0.2) is 6.04 Å². The van der Waals surface area contributed by atoms with Gasteiger partial charge in [0.1, 0.15) is 12.1 Å². The van der Waals surface area contributed by atoms with Gasteiger partial charge in [-0.05, 0) is 34.2 Å². The van der Waals surface area contributed by atoms with Crippen LogP contribution in [0.4, 0.5) is 0 Å². The van der Waals surface area contributed by atoms with Gasteiger partial charge in [0.2, 0.25) is 5.91 Å². The summed E-state index contributed by atoms with van der Waals surface area (Å²) in [6.07, 6.45) is 3.44. The number of hydrogen-bond acceptors (Lipinski definition) is 5. The molecule has 142 valence electrons. The van der Waals surface area contributed by atoms with Crippen LogP contribution in [0.3, 0.4) is 0 Å². The second kappa shape index (κ2) is 7.91. The third-order valence-corrected chi connectivity index (χ3v) is 4.64. The average Bonchev–Trinajstić information content (AvgIpc) is 3.39. The fourth-order valence-electron chi connectivity index (χ4n) is 3.31. The van der Waals surface area contributed by atoms with Crippen molar-refractivity contribution in [3.63, 3.8) is 0 Å². The minimum atomic E-state index is -0.613. The van der Waals surface area contributed by atoms with E-state index >= 15 is 0 Å². The number of tetrazole rings is 1. The minimum Gasteiger partial charge on any atom is -0.496 e. The van der Waals surface area contributed by atoms with Crippen LogP contribution in [0, 0.1) is 0 Å². The monoisotopic (exact) mass is 376 g/mol. The Bertz CT molecular complexity index is 1060. The second-order valence-electron chi connectivity index (χ2n) is 6.30. The summed E-state index contributed by atoms with van der Waals surface area (Å²) >= 11 is 0. The van der Waals surface area contributed by atoms with E-state index in [0.717, 1.165) is 22.2 Å². The SMILES string of the molecule is COc1cccc2c1ccn2CCNC(=O)[C@H](c1ccccc1)n1cnnn1. The smallest absolute Gasteiger partial charge is 0.249 e.